The third-order valence-electron chi connectivity index (χ3n) is 5.14. The Labute approximate surface area is 170 Å². The van der Waals surface area contributed by atoms with Crippen molar-refractivity contribution in [3.05, 3.63) is 23.8 Å². The predicted molar refractivity (Wildman–Crippen MR) is 103 cm³/mol. The molecule has 0 aliphatic heterocycles. The number of ketones is 1. The number of hydrogen-bond donors (Lipinski definition) is 1. The first-order chi connectivity index (χ1) is 13.7. The summed E-state index contributed by atoms with van der Waals surface area (Å²) in [6.07, 6.45) is -0.357. The van der Waals surface area contributed by atoms with Crippen LogP contribution >= 0.6 is 0 Å². The molecule has 1 aromatic carbocycles. The number of aliphatic hydroxyl groups is 1. The average Bonchev–Trinajstić information content (AvgIpc) is 2.66. The molecule has 0 amide bonds. The molecule has 1 aliphatic rings. The molecule has 1 saturated carbocycles. The van der Waals surface area contributed by atoms with Gasteiger partial charge in [0.2, 0.25) is 0 Å². The van der Waals surface area contributed by atoms with Gasteiger partial charge >= 0.3 is 11.9 Å². The Hall–Kier alpha value is -2.61. The van der Waals surface area contributed by atoms with Gasteiger partial charge in [-0.3, -0.25) is 14.4 Å². The number of ether oxygens (including phenoxy) is 4. The van der Waals surface area contributed by atoms with Gasteiger partial charge in [-0.15, -0.1) is 0 Å². The topological polar surface area (TPSA) is 108 Å². The molecule has 0 unspecified atom stereocenters. The molecule has 8 nitrogen and oxygen atoms in total. The van der Waals surface area contributed by atoms with Gasteiger partial charge in [0, 0.05) is 12.3 Å². The molecule has 1 N–H and O–H groups in total. The molecular weight excluding hydrogens is 380 g/mol. The Balaban J connectivity index is 2.67. The summed E-state index contributed by atoms with van der Waals surface area (Å²) in [5, 5.41) is 11.0. The van der Waals surface area contributed by atoms with Crippen LogP contribution < -0.4 is 9.47 Å². The molecule has 0 saturated heterocycles. The highest BCUT2D eigenvalue weighted by molar-refractivity contribution is 6.02. The average molecular weight is 408 g/mol. The molecule has 8 heteroatoms. The maximum Gasteiger partial charge on any atom is 0.317 e. The van der Waals surface area contributed by atoms with Gasteiger partial charge in [0.15, 0.2) is 17.3 Å². The molecule has 0 radical (unpaired) electrons. The van der Waals surface area contributed by atoms with Crippen LogP contribution in [-0.2, 0) is 23.9 Å². The van der Waals surface area contributed by atoms with Gasteiger partial charge in [0.1, 0.15) is 5.92 Å². The lowest BCUT2D eigenvalue weighted by atomic mass is 9.61. The predicted octanol–water partition coefficient (Wildman–Crippen LogP) is 1.87. The van der Waals surface area contributed by atoms with E-state index in [0.29, 0.717) is 17.1 Å². The molecule has 2 rings (SSSR count). The minimum absolute atomic E-state index is 0.0851. The van der Waals surface area contributed by atoms with Crippen molar-refractivity contribution in [3.8, 4) is 11.5 Å². The SMILES string of the molecule is CCOC(=O)[C@H]1C(=O)C[C@@](C)(O)[C@H](C(=O)OCC)[C@@H]1c1ccc(OC)c(OC)c1. The molecule has 4 atom stereocenters. The number of hydrogen-bond acceptors (Lipinski definition) is 8. The van der Waals surface area contributed by atoms with E-state index in [4.69, 9.17) is 18.9 Å². The van der Waals surface area contributed by atoms with Crippen molar-refractivity contribution in [2.24, 2.45) is 11.8 Å². The summed E-state index contributed by atoms with van der Waals surface area (Å²) in [5.41, 5.74) is -1.23. The summed E-state index contributed by atoms with van der Waals surface area (Å²) in [6, 6.07) is 4.85. The highest BCUT2D eigenvalue weighted by Crippen LogP contribution is 2.48. The second-order valence-electron chi connectivity index (χ2n) is 7.10. The van der Waals surface area contributed by atoms with Gasteiger partial charge in [-0.1, -0.05) is 6.07 Å². The first kappa shape index (κ1) is 22.7. The molecule has 1 aliphatic carbocycles. The van der Waals surface area contributed by atoms with Crippen LogP contribution in [0.25, 0.3) is 0 Å². The molecule has 0 bridgehead atoms. The van der Waals surface area contributed by atoms with E-state index in [2.05, 4.69) is 0 Å². The summed E-state index contributed by atoms with van der Waals surface area (Å²) >= 11 is 0. The molecule has 1 fully saturated rings. The lowest BCUT2D eigenvalue weighted by Gasteiger charge is -2.43. The summed E-state index contributed by atoms with van der Waals surface area (Å²) in [4.78, 5) is 38.3. The number of methoxy groups -OCH3 is 2. The normalized spacial score (nSPS) is 26.6. The van der Waals surface area contributed by atoms with Crippen LogP contribution in [-0.4, -0.2) is 55.9 Å². The molecule has 1 aromatic rings. The number of rotatable bonds is 7. The third kappa shape index (κ3) is 4.53. The zero-order chi connectivity index (χ0) is 21.8. The van der Waals surface area contributed by atoms with Crippen LogP contribution in [0.4, 0.5) is 0 Å². The molecule has 160 valence electrons. The van der Waals surface area contributed by atoms with Crippen molar-refractivity contribution >= 4 is 17.7 Å². The van der Waals surface area contributed by atoms with Gasteiger partial charge < -0.3 is 24.1 Å². The summed E-state index contributed by atoms with van der Waals surface area (Å²) < 4.78 is 20.9. The van der Waals surface area contributed by atoms with E-state index in [1.807, 2.05) is 0 Å². The van der Waals surface area contributed by atoms with Crippen molar-refractivity contribution in [1.29, 1.82) is 0 Å². The molecule has 0 aromatic heterocycles. The zero-order valence-electron chi connectivity index (χ0n) is 17.4. The van der Waals surface area contributed by atoms with Gasteiger partial charge in [0.05, 0.1) is 39.0 Å². The van der Waals surface area contributed by atoms with Gasteiger partial charge in [-0.25, -0.2) is 0 Å². The maximum absolute atomic E-state index is 12.8. The smallest absolute Gasteiger partial charge is 0.317 e. The van der Waals surface area contributed by atoms with Gasteiger partial charge in [0.25, 0.3) is 0 Å². The highest BCUT2D eigenvalue weighted by atomic mass is 16.5. The zero-order valence-corrected chi connectivity index (χ0v) is 17.4. The quantitative estimate of drug-likeness (QED) is 0.538. The van der Waals surface area contributed by atoms with Crippen molar-refractivity contribution in [2.75, 3.05) is 27.4 Å². The Bertz CT molecular complexity index is 770. The standard InChI is InChI=1S/C21H28O8/c1-6-28-19(23)17-13(22)11-21(3,25)18(20(24)29-7-2)16(17)12-8-9-14(26-4)15(10-12)27-5/h8-10,16-18,25H,6-7,11H2,1-5H3/t16-,17+,18+,21-/m1/s1. The van der Waals surface area contributed by atoms with E-state index < -0.39 is 41.1 Å². The summed E-state index contributed by atoms with van der Waals surface area (Å²) in [6.45, 7) is 4.87. The Morgan fingerprint density at radius 2 is 1.66 bits per heavy atom. The minimum atomic E-state index is -1.69. The van der Waals surface area contributed by atoms with E-state index in [1.165, 1.54) is 21.1 Å². The van der Waals surface area contributed by atoms with Crippen molar-refractivity contribution in [1.82, 2.24) is 0 Å². The second-order valence-corrected chi connectivity index (χ2v) is 7.10. The first-order valence-corrected chi connectivity index (χ1v) is 9.52. The van der Waals surface area contributed by atoms with E-state index in [0.717, 1.165) is 0 Å². The van der Waals surface area contributed by atoms with Crippen molar-refractivity contribution < 1.29 is 38.4 Å². The maximum atomic E-state index is 12.8. The van der Waals surface area contributed by atoms with Crippen LogP contribution in [0.3, 0.4) is 0 Å². The van der Waals surface area contributed by atoms with Crippen LogP contribution in [0.5, 0.6) is 11.5 Å². The lowest BCUT2D eigenvalue weighted by Crippen LogP contribution is -2.55. The first-order valence-electron chi connectivity index (χ1n) is 9.52. The Morgan fingerprint density at radius 3 is 2.21 bits per heavy atom. The Morgan fingerprint density at radius 1 is 1.07 bits per heavy atom. The molecule has 0 heterocycles. The monoisotopic (exact) mass is 408 g/mol. The van der Waals surface area contributed by atoms with Crippen molar-refractivity contribution in [2.45, 2.75) is 38.7 Å². The lowest BCUT2D eigenvalue weighted by molar-refractivity contribution is -0.172. The Kier molecular flexibility index (Phi) is 7.24. The molecule has 0 spiro atoms. The fourth-order valence-corrected chi connectivity index (χ4v) is 3.94. The second kappa shape index (κ2) is 9.26. The highest BCUT2D eigenvalue weighted by Gasteiger charge is 2.57. The number of Topliss-reactive ketones (excluding diaryl/α,β-unsaturated/α-hetero) is 1. The number of carbonyl (C=O) groups excluding carboxylic acids is 3. The van der Waals surface area contributed by atoms with E-state index in [1.54, 1.807) is 32.0 Å². The van der Waals surface area contributed by atoms with Crippen molar-refractivity contribution in [3.63, 3.8) is 0 Å². The van der Waals surface area contributed by atoms with E-state index in [-0.39, 0.29) is 19.6 Å². The van der Waals surface area contributed by atoms with Crippen LogP contribution in [0, 0.1) is 11.8 Å². The minimum Gasteiger partial charge on any atom is -0.493 e. The van der Waals surface area contributed by atoms with E-state index >= 15 is 0 Å². The van der Waals surface area contributed by atoms with Crippen LogP contribution in [0.15, 0.2) is 18.2 Å². The fourth-order valence-electron chi connectivity index (χ4n) is 3.94. The van der Waals surface area contributed by atoms with Gasteiger partial charge in [-0.2, -0.15) is 0 Å². The summed E-state index contributed by atoms with van der Waals surface area (Å²) in [7, 11) is 2.94. The van der Waals surface area contributed by atoms with E-state index in [9.17, 15) is 19.5 Å². The summed E-state index contributed by atoms with van der Waals surface area (Å²) in [5.74, 6) is -4.46. The fraction of sp³-hybridized carbons (Fsp3) is 0.571. The third-order valence-corrected chi connectivity index (χ3v) is 5.14. The largest absolute Gasteiger partial charge is 0.493 e. The van der Waals surface area contributed by atoms with Crippen LogP contribution in [0.2, 0.25) is 0 Å². The number of carbonyl (C=O) groups is 3. The molecular formula is C21H28O8. The molecule has 29 heavy (non-hydrogen) atoms. The van der Waals surface area contributed by atoms with Gasteiger partial charge in [-0.05, 0) is 38.5 Å². The van der Waals surface area contributed by atoms with Crippen LogP contribution in [0.1, 0.15) is 38.7 Å². The number of esters is 2. The number of benzene rings is 1.